The predicted octanol–water partition coefficient (Wildman–Crippen LogP) is 4.01. The molecular weight excluding hydrogens is 395 g/mol. The molecule has 0 saturated carbocycles. The van der Waals surface area contributed by atoms with Gasteiger partial charge in [-0.2, -0.15) is 23.4 Å². The zero-order valence-electron chi connectivity index (χ0n) is 15.5. The Morgan fingerprint density at radius 1 is 0.900 bits per heavy atom. The lowest BCUT2D eigenvalue weighted by Gasteiger charge is -2.08. The van der Waals surface area contributed by atoms with Crippen molar-refractivity contribution in [3.8, 4) is 11.4 Å². The minimum Gasteiger partial charge on any atom is -0.348 e. The Balaban J connectivity index is 1.37. The van der Waals surface area contributed by atoms with E-state index in [0.717, 1.165) is 22.0 Å². The van der Waals surface area contributed by atoms with Crippen LogP contribution in [0.4, 0.5) is 13.2 Å². The van der Waals surface area contributed by atoms with Crippen LogP contribution in [-0.2, 0) is 12.7 Å². The van der Waals surface area contributed by atoms with Crippen molar-refractivity contribution < 1.29 is 18.0 Å². The summed E-state index contributed by atoms with van der Waals surface area (Å²) >= 11 is 0. The molecule has 6 nitrogen and oxygen atoms in total. The smallest absolute Gasteiger partial charge is 0.348 e. The summed E-state index contributed by atoms with van der Waals surface area (Å²) in [7, 11) is 0. The summed E-state index contributed by atoms with van der Waals surface area (Å²) in [5.41, 5.74) is 1.72. The van der Waals surface area contributed by atoms with Crippen LogP contribution in [0.25, 0.3) is 11.4 Å². The summed E-state index contributed by atoms with van der Waals surface area (Å²) < 4.78 is 40.9. The van der Waals surface area contributed by atoms with E-state index in [1.165, 1.54) is 6.20 Å². The Hall–Kier alpha value is -3.88. The zero-order valence-corrected chi connectivity index (χ0v) is 15.5. The van der Waals surface area contributed by atoms with E-state index in [1.807, 2.05) is 12.3 Å². The number of rotatable bonds is 5. The Morgan fingerprint density at radius 3 is 2.17 bits per heavy atom. The van der Waals surface area contributed by atoms with Crippen molar-refractivity contribution in [1.29, 1.82) is 0 Å². The third-order valence-electron chi connectivity index (χ3n) is 4.43. The van der Waals surface area contributed by atoms with Gasteiger partial charge >= 0.3 is 6.18 Å². The minimum atomic E-state index is -4.48. The van der Waals surface area contributed by atoms with Gasteiger partial charge in [-0.25, -0.2) is 9.36 Å². The maximum absolute atomic E-state index is 12.7. The number of benzene rings is 2. The van der Waals surface area contributed by atoms with E-state index in [-0.39, 0.29) is 12.5 Å². The number of nitrogens with one attached hydrogen (secondary N) is 1. The van der Waals surface area contributed by atoms with E-state index in [2.05, 4.69) is 15.5 Å². The molecule has 2 heterocycles. The molecule has 30 heavy (non-hydrogen) atoms. The Kier molecular flexibility index (Phi) is 5.09. The molecule has 0 spiro atoms. The van der Waals surface area contributed by atoms with Crippen molar-refractivity contribution in [3.05, 3.63) is 96.1 Å². The predicted molar refractivity (Wildman–Crippen MR) is 103 cm³/mol. The second-order valence-electron chi connectivity index (χ2n) is 6.49. The molecule has 4 rings (SSSR count). The van der Waals surface area contributed by atoms with E-state index in [0.29, 0.717) is 11.3 Å². The lowest BCUT2D eigenvalue weighted by molar-refractivity contribution is -0.141. The highest BCUT2D eigenvalue weighted by Crippen LogP contribution is 2.27. The van der Waals surface area contributed by atoms with Gasteiger partial charge in [0.05, 0.1) is 11.4 Å². The SMILES string of the molecule is O=C(NCc1ccc(-n2ccc(C(F)(F)F)n2)cc1)c1ccc(-n2cccn2)cc1. The van der Waals surface area contributed by atoms with Gasteiger partial charge in [0, 0.05) is 30.7 Å². The van der Waals surface area contributed by atoms with Gasteiger partial charge in [-0.1, -0.05) is 12.1 Å². The Morgan fingerprint density at radius 2 is 1.57 bits per heavy atom. The van der Waals surface area contributed by atoms with Crippen LogP contribution in [0.5, 0.6) is 0 Å². The molecule has 0 fully saturated rings. The molecule has 9 heteroatoms. The summed E-state index contributed by atoms with van der Waals surface area (Å²) in [5, 5.41) is 10.5. The average Bonchev–Trinajstić information content (AvgIpc) is 3.44. The molecule has 0 atom stereocenters. The fourth-order valence-corrected chi connectivity index (χ4v) is 2.86. The fourth-order valence-electron chi connectivity index (χ4n) is 2.86. The maximum Gasteiger partial charge on any atom is 0.435 e. The number of carbonyl (C=O) groups excluding carboxylic acids is 1. The number of amides is 1. The first-order chi connectivity index (χ1) is 14.4. The molecule has 0 aliphatic carbocycles. The van der Waals surface area contributed by atoms with Crippen molar-refractivity contribution in [3.63, 3.8) is 0 Å². The lowest BCUT2D eigenvalue weighted by atomic mass is 10.1. The maximum atomic E-state index is 12.7. The molecule has 1 N–H and O–H groups in total. The van der Waals surface area contributed by atoms with Crippen molar-refractivity contribution in [2.75, 3.05) is 0 Å². The van der Waals surface area contributed by atoms with Crippen molar-refractivity contribution in [2.24, 2.45) is 0 Å². The van der Waals surface area contributed by atoms with Crippen LogP contribution in [0.2, 0.25) is 0 Å². The molecular formula is C21H16F3N5O. The highest BCUT2D eigenvalue weighted by molar-refractivity contribution is 5.94. The summed E-state index contributed by atoms with van der Waals surface area (Å²) in [6.45, 7) is 0.285. The molecule has 2 aromatic carbocycles. The molecule has 0 bridgehead atoms. The van der Waals surface area contributed by atoms with E-state index in [4.69, 9.17) is 0 Å². The second-order valence-corrected chi connectivity index (χ2v) is 6.49. The standard InChI is InChI=1S/C21H16F3N5O/c22-21(23,24)19-10-13-29(27-19)18-6-2-15(3-7-18)14-25-20(30)16-4-8-17(9-5-16)28-12-1-11-26-28/h1-13H,14H2,(H,25,30). The van der Waals surface area contributed by atoms with Crippen LogP contribution in [0, 0.1) is 0 Å². The number of aromatic nitrogens is 4. The molecule has 0 radical (unpaired) electrons. The number of nitrogens with zero attached hydrogens (tertiary/aromatic N) is 4. The van der Waals surface area contributed by atoms with E-state index >= 15 is 0 Å². The number of alkyl halides is 3. The number of hydrogen-bond acceptors (Lipinski definition) is 3. The van der Waals surface area contributed by atoms with Gasteiger partial charge in [0.2, 0.25) is 0 Å². The summed E-state index contributed by atoms with van der Waals surface area (Å²) in [6, 6.07) is 16.5. The number of carbonyl (C=O) groups is 1. The van der Waals surface area contributed by atoms with E-state index < -0.39 is 11.9 Å². The second kappa shape index (κ2) is 7.86. The highest BCUT2D eigenvalue weighted by atomic mass is 19.4. The van der Waals surface area contributed by atoms with Gasteiger partial charge in [0.25, 0.3) is 5.91 Å². The Labute approximate surface area is 169 Å². The monoisotopic (exact) mass is 411 g/mol. The molecule has 0 unspecified atom stereocenters. The lowest BCUT2D eigenvalue weighted by Crippen LogP contribution is -2.22. The quantitative estimate of drug-likeness (QED) is 0.540. The van der Waals surface area contributed by atoms with Gasteiger partial charge in [-0.05, 0) is 54.1 Å². The third kappa shape index (κ3) is 4.24. The zero-order chi connectivity index (χ0) is 21.1. The molecule has 4 aromatic rings. The molecule has 0 aliphatic heterocycles. The highest BCUT2D eigenvalue weighted by Gasteiger charge is 2.33. The van der Waals surface area contributed by atoms with E-state index in [1.54, 1.807) is 59.4 Å². The van der Waals surface area contributed by atoms with Gasteiger partial charge in [0.1, 0.15) is 0 Å². The molecule has 0 saturated heterocycles. The van der Waals surface area contributed by atoms with Crippen LogP contribution in [-0.4, -0.2) is 25.5 Å². The summed E-state index contributed by atoms with van der Waals surface area (Å²) in [4.78, 5) is 12.3. The van der Waals surface area contributed by atoms with Gasteiger partial charge < -0.3 is 5.32 Å². The molecule has 152 valence electrons. The molecule has 0 aliphatic rings. The summed E-state index contributed by atoms with van der Waals surface area (Å²) in [6.07, 6.45) is 0.262. The van der Waals surface area contributed by atoms with Crippen LogP contribution < -0.4 is 5.32 Å². The van der Waals surface area contributed by atoms with Gasteiger partial charge in [-0.15, -0.1) is 0 Å². The number of halogens is 3. The van der Waals surface area contributed by atoms with Crippen LogP contribution >= 0.6 is 0 Å². The van der Waals surface area contributed by atoms with Crippen molar-refractivity contribution in [1.82, 2.24) is 24.9 Å². The molecule has 2 aromatic heterocycles. The van der Waals surface area contributed by atoms with Crippen molar-refractivity contribution >= 4 is 5.91 Å². The van der Waals surface area contributed by atoms with Crippen LogP contribution in [0.1, 0.15) is 21.6 Å². The van der Waals surface area contributed by atoms with Gasteiger partial charge in [0.15, 0.2) is 5.69 Å². The number of hydrogen-bond donors (Lipinski definition) is 1. The minimum absolute atomic E-state index is 0.229. The fraction of sp³-hybridized carbons (Fsp3) is 0.0952. The van der Waals surface area contributed by atoms with Crippen LogP contribution in [0.3, 0.4) is 0 Å². The van der Waals surface area contributed by atoms with E-state index in [9.17, 15) is 18.0 Å². The first kappa shape index (κ1) is 19.4. The topological polar surface area (TPSA) is 64.7 Å². The first-order valence-electron chi connectivity index (χ1n) is 9.01. The van der Waals surface area contributed by atoms with Gasteiger partial charge in [-0.3, -0.25) is 4.79 Å². The third-order valence-corrected chi connectivity index (χ3v) is 4.43. The van der Waals surface area contributed by atoms with Crippen LogP contribution in [0.15, 0.2) is 79.3 Å². The first-order valence-corrected chi connectivity index (χ1v) is 9.01. The molecule has 1 amide bonds. The normalized spacial score (nSPS) is 11.4. The average molecular weight is 411 g/mol. The Bertz CT molecular complexity index is 1130. The van der Waals surface area contributed by atoms with Crippen molar-refractivity contribution in [2.45, 2.75) is 12.7 Å². The largest absolute Gasteiger partial charge is 0.435 e. The summed E-state index contributed by atoms with van der Waals surface area (Å²) in [5.74, 6) is -0.229.